The molecule has 0 aliphatic heterocycles. The normalized spacial score (nSPS) is 13.4. The van der Waals surface area contributed by atoms with Crippen molar-refractivity contribution in [2.75, 3.05) is 6.26 Å². The van der Waals surface area contributed by atoms with Crippen LogP contribution < -0.4 is 5.32 Å². The summed E-state index contributed by atoms with van der Waals surface area (Å²) < 4.78 is 22.3. The third-order valence-electron chi connectivity index (χ3n) is 2.40. The molecule has 1 N–H and O–H groups in total. The number of amides is 1. The summed E-state index contributed by atoms with van der Waals surface area (Å²) in [6.45, 7) is 3.74. The van der Waals surface area contributed by atoms with Crippen LogP contribution in [-0.4, -0.2) is 25.8 Å². The van der Waals surface area contributed by atoms with Crippen molar-refractivity contribution in [3.63, 3.8) is 0 Å². The average Bonchev–Trinajstić information content (AvgIpc) is 2.58. The van der Waals surface area contributed by atoms with Gasteiger partial charge in [0.05, 0.1) is 6.54 Å². The lowest BCUT2D eigenvalue weighted by molar-refractivity contribution is -0.120. The Kier molecular flexibility index (Phi) is 4.09. The fourth-order valence-corrected chi connectivity index (χ4v) is 2.41. The maximum Gasteiger partial charge on any atom is 0.238 e. The molecule has 0 aromatic carbocycles. The molecule has 1 heterocycles. The van der Waals surface area contributed by atoms with Gasteiger partial charge in [0.1, 0.15) is 5.25 Å². The number of hydrogen-bond acceptors (Lipinski definition) is 4. The van der Waals surface area contributed by atoms with Gasteiger partial charge in [-0.15, -0.1) is 11.3 Å². The first-order valence-corrected chi connectivity index (χ1v) is 7.65. The first-order valence-electron chi connectivity index (χ1n) is 4.82. The predicted molar refractivity (Wildman–Crippen MR) is 65.2 cm³/mol. The topological polar surface area (TPSA) is 63.2 Å². The molecule has 0 aliphatic rings. The summed E-state index contributed by atoms with van der Waals surface area (Å²) in [5, 5.41) is 3.57. The van der Waals surface area contributed by atoms with E-state index in [2.05, 4.69) is 5.32 Å². The van der Waals surface area contributed by atoms with Gasteiger partial charge in [-0.25, -0.2) is 8.42 Å². The van der Waals surface area contributed by atoms with Gasteiger partial charge in [-0.2, -0.15) is 0 Å². The number of aryl methyl sites for hydroxylation is 1. The van der Waals surface area contributed by atoms with Crippen molar-refractivity contribution in [2.45, 2.75) is 25.6 Å². The largest absolute Gasteiger partial charge is 0.350 e. The average molecular weight is 261 g/mol. The zero-order valence-corrected chi connectivity index (χ0v) is 11.1. The number of rotatable bonds is 4. The van der Waals surface area contributed by atoms with E-state index < -0.39 is 21.0 Å². The molecule has 90 valence electrons. The highest BCUT2D eigenvalue weighted by Crippen LogP contribution is 2.14. The summed E-state index contributed by atoms with van der Waals surface area (Å²) >= 11 is 1.55. The Morgan fingerprint density at radius 2 is 2.19 bits per heavy atom. The van der Waals surface area contributed by atoms with Crippen LogP contribution >= 0.6 is 11.3 Å². The summed E-state index contributed by atoms with van der Waals surface area (Å²) in [6.07, 6.45) is 1.06. The van der Waals surface area contributed by atoms with Crippen molar-refractivity contribution in [1.82, 2.24) is 5.32 Å². The summed E-state index contributed by atoms with van der Waals surface area (Å²) in [5.41, 5.74) is 1.11. The van der Waals surface area contributed by atoms with E-state index in [9.17, 15) is 13.2 Å². The Morgan fingerprint density at radius 3 is 2.62 bits per heavy atom. The Hall–Kier alpha value is -0.880. The molecular formula is C10H15NO3S2. The van der Waals surface area contributed by atoms with Crippen LogP contribution in [0.15, 0.2) is 11.4 Å². The molecule has 0 aliphatic carbocycles. The van der Waals surface area contributed by atoms with Crippen molar-refractivity contribution >= 4 is 27.1 Å². The predicted octanol–water partition coefficient (Wildman–Crippen LogP) is 1.11. The minimum absolute atomic E-state index is 0.391. The van der Waals surface area contributed by atoms with Crippen LogP contribution in [0, 0.1) is 6.92 Å². The zero-order valence-electron chi connectivity index (χ0n) is 9.48. The smallest absolute Gasteiger partial charge is 0.238 e. The van der Waals surface area contributed by atoms with Gasteiger partial charge in [0, 0.05) is 11.1 Å². The van der Waals surface area contributed by atoms with Gasteiger partial charge >= 0.3 is 0 Å². The van der Waals surface area contributed by atoms with Crippen molar-refractivity contribution in [2.24, 2.45) is 0 Å². The second kappa shape index (κ2) is 4.97. The van der Waals surface area contributed by atoms with Gasteiger partial charge < -0.3 is 5.32 Å². The lowest BCUT2D eigenvalue weighted by Crippen LogP contribution is -2.36. The molecule has 0 radical (unpaired) electrons. The number of nitrogens with one attached hydrogen (secondary N) is 1. The minimum atomic E-state index is -3.31. The first kappa shape index (κ1) is 13.2. The van der Waals surface area contributed by atoms with E-state index in [1.165, 1.54) is 6.92 Å². The van der Waals surface area contributed by atoms with Crippen molar-refractivity contribution < 1.29 is 13.2 Å². The number of carbonyl (C=O) groups excluding carboxylic acids is 1. The molecule has 6 heteroatoms. The van der Waals surface area contributed by atoms with Gasteiger partial charge in [0.15, 0.2) is 9.84 Å². The standard InChI is InChI=1S/C10H15NO3S2/c1-7-4-5-15-9(7)6-11-10(12)8(2)16(3,13)14/h4-5,8H,6H2,1-3H3,(H,11,12)/t8-/m0/s1. The fraction of sp³-hybridized carbons (Fsp3) is 0.500. The molecule has 1 amide bonds. The Bertz CT molecular complexity index is 476. The summed E-state index contributed by atoms with van der Waals surface area (Å²) in [6, 6.07) is 1.96. The van der Waals surface area contributed by atoms with Crippen molar-refractivity contribution in [1.29, 1.82) is 0 Å². The highest BCUT2D eigenvalue weighted by molar-refractivity contribution is 7.92. The molecule has 0 fully saturated rings. The lowest BCUT2D eigenvalue weighted by atomic mass is 10.3. The molecule has 1 rings (SSSR count). The van der Waals surface area contributed by atoms with Crippen LogP contribution in [0.1, 0.15) is 17.4 Å². The van der Waals surface area contributed by atoms with E-state index in [0.29, 0.717) is 6.54 Å². The second-order valence-corrected chi connectivity index (χ2v) is 7.08. The molecule has 4 nitrogen and oxygen atoms in total. The third-order valence-corrected chi connectivity index (χ3v) is 4.92. The van der Waals surface area contributed by atoms with E-state index in [1.807, 2.05) is 18.4 Å². The lowest BCUT2D eigenvalue weighted by Gasteiger charge is -2.09. The summed E-state index contributed by atoms with van der Waals surface area (Å²) in [7, 11) is -3.31. The fourth-order valence-electron chi connectivity index (χ4n) is 1.09. The zero-order chi connectivity index (χ0) is 12.3. The Morgan fingerprint density at radius 1 is 1.56 bits per heavy atom. The molecule has 0 saturated heterocycles. The molecule has 0 saturated carbocycles. The molecule has 0 bridgehead atoms. The molecule has 1 aromatic rings. The van der Waals surface area contributed by atoms with Gasteiger partial charge in [-0.05, 0) is 30.9 Å². The molecule has 0 unspecified atom stereocenters. The van der Waals surface area contributed by atoms with Gasteiger partial charge in [-0.3, -0.25) is 4.79 Å². The minimum Gasteiger partial charge on any atom is -0.350 e. The maximum absolute atomic E-state index is 11.5. The molecular weight excluding hydrogens is 246 g/mol. The van der Waals surface area contributed by atoms with Crippen molar-refractivity contribution in [3.8, 4) is 0 Å². The van der Waals surface area contributed by atoms with E-state index in [1.54, 1.807) is 11.3 Å². The second-order valence-electron chi connectivity index (χ2n) is 3.72. The van der Waals surface area contributed by atoms with Crippen LogP contribution in [-0.2, 0) is 21.2 Å². The maximum atomic E-state index is 11.5. The quantitative estimate of drug-likeness (QED) is 0.883. The number of sulfone groups is 1. The van der Waals surface area contributed by atoms with Gasteiger partial charge in [0.25, 0.3) is 0 Å². The summed E-state index contributed by atoms with van der Waals surface area (Å²) in [4.78, 5) is 12.6. The summed E-state index contributed by atoms with van der Waals surface area (Å²) in [5.74, 6) is -0.449. The van der Waals surface area contributed by atoms with E-state index in [-0.39, 0.29) is 0 Å². The van der Waals surface area contributed by atoms with Crippen LogP contribution in [0.2, 0.25) is 0 Å². The van der Waals surface area contributed by atoms with Crippen molar-refractivity contribution in [3.05, 3.63) is 21.9 Å². The number of thiophene rings is 1. The van der Waals surface area contributed by atoms with E-state index >= 15 is 0 Å². The van der Waals surface area contributed by atoms with Crippen LogP contribution in [0.25, 0.3) is 0 Å². The highest BCUT2D eigenvalue weighted by atomic mass is 32.2. The first-order chi connectivity index (χ1) is 7.32. The Balaban J connectivity index is 2.58. The molecule has 16 heavy (non-hydrogen) atoms. The molecule has 1 atom stereocenters. The SMILES string of the molecule is Cc1ccsc1CNC(=O)[C@H](C)S(C)(=O)=O. The third kappa shape index (κ3) is 3.31. The number of carbonyl (C=O) groups is 1. The van der Waals surface area contributed by atoms with Gasteiger partial charge in [-0.1, -0.05) is 0 Å². The number of hydrogen-bond donors (Lipinski definition) is 1. The Labute approximate surface area is 99.6 Å². The van der Waals surface area contributed by atoms with Gasteiger partial charge in [0.2, 0.25) is 5.91 Å². The van der Waals surface area contributed by atoms with Crippen LogP contribution in [0.4, 0.5) is 0 Å². The molecule has 0 spiro atoms. The van der Waals surface area contributed by atoms with E-state index in [4.69, 9.17) is 0 Å². The van der Waals surface area contributed by atoms with E-state index in [0.717, 1.165) is 16.7 Å². The van der Waals surface area contributed by atoms with Crippen LogP contribution in [0.3, 0.4) is 0 Å². The highest BCUT2D eigenvalue weighted by Gasteiger charge is 2.23. The van der Waals surface area contributed by atoms with Crippen LogP contribution in [0.5, 0.6) is 0 Å². The monoisotopic (exact) mass is 261 g/mol. The molecule has 1 aromatic heterocycles.